The number of aliphatic hydroxyl groups excluding tert-OH is 1. The Morgan fingerprint density at radius 2 is 1.81 bits per heavy atom. The van der Waals surface area contributed by atoms with Crippen LogP contribution in [0, 0.1) is 11.3 Å². The molecule has 1 spiro atoms. The fourth-order valence-corrected chi connectivity index (χ4v) is 4.65. The Bertz CT molecular complexity index is 603. The Morgan fingerprint density at radius 1 is 1.19 bits per heavy atom. The first kappa shape index (κ1) is 19.4. The van der Waals surface area contributed by atoms with Gasteiger partial charge in [0.2, 0.25) is 5.91 Å². The summed E-state index contributed by atoms with van der Waals surface area (Å²) in [5, 5.41) is 10.2. The average molecular weight is 359 g/mol. The lowest BCUT2D eigenvalue weighted by atomic mass is 9.71. The van der Waals surface area contributed by atoms with E-state index in [-0.39, 0.29) is 17.4 Å². The van der Waals surface area contributed by atoms with Gasteiger partial charge in [0.15, 0.2) is 0 Å². The van der Waals surface area contributed by atoms with Gasteiger partial charge in [-0.1, -0.05) is 38.1 Å². The SMILES string of the molecule is CC(=O)N1CC(O)CC2(CCN(Cc3ccc(CC(C)C)cc3)CC2)C1. The Kier molecular flexibility index (Phi) is 6.03. The van der Waals surface area contributed by atoms with Crippen molar-refractivity contribution in [1.29, 1.82) is 0 Å². The van der Waals surface area contributed by atoms with Crippen molar-refractivity contribution in [3.63, 3.8) is 0 Å². The summed E-state index contributed by atoms with van der Waals surface area (Å²) >= 11 is 0. The van der Waals surface area contributed by atoms with Gasteiger partial charge < -0.3 is 10.0 Å². The second-order valence-electron chi connectivity index (χ2n) is 8.95. The number of nitrogens with zero attached hydrogens (tertiary/aromatic N) is 2. The van der Waals surface area contributed by atoms with E-state index in [1.165, 1.54) is 11.1 Å². The van der Waals surface area contributed by atoms with Gasteiger partial charge in [0.25, 0.3) is 0 Å². The monoisotopic (exact) mass is 358 g/mol. The summed E-state index contributed by atoms with van der Waals surface area (Å²) in [4.78, 5) is 16.1. The highest BCUT2D eigenvalue weighted by atomic mass is 16.3. The fourth-order valence-electron chi connectivity index (χ4n) is 4.65. The minimum Gasteiger partial charge on any atom is -0.391 e. The lowest BCUT2D eigenvalue weighted by Crippen LogP contribution is -2.54. The molecule has 2 heterocycles. The number of carbonyl (C=O) groups excluding carboxylic acids is 1. The smallest absolute Gasteiger partial charge is 0.219 e. The molecule has 0 saturated carbocycles. The molecule has 2 aliphatic heterocycles. The second kappa shape index (κ2) is 8.10. The molecule has 3 rings (SSSR count). The van der Waals surface area contributed by atoms with Crippen molar-refractivity contribution >= 4 is 5.91 Å². The predicted octanol–water partition coefficient (Wildman–Crippen LogP) is 3.08. The van der Waals surface area contributed by atoms with Crippen molar-refractivity contribution in [1.82, 2.24) is 9.80 Å². The number of β-amino-alcohol motifs (C(OH)–C–C–N with tert-alkyl or cyclic N) is 1. The van der Waals surface area contributed by atoms with E-state index in [1.807, 2.05) is 4.90 Å². The summed E-state index contributed by atoms with van der Waals surface area (Å²) in [6.07, 6.45) is 3.75. The normalized spacial score (nSPS) is 23.6. The summed E-state index contributed by atoms with van der Waals surface area (Å²) in [5.74, 6) is 0.784. The van der Waals surface area contributed by atoms with E-state index in [0.717, 1.165) is 51.9 Å². The zero-order valence-corrected chi connectivity index (χ0v) is 16.6. The number of hydrogen-bond acceptors (Lipinski definition) is 3. The first-order chi connectivity index (χ1) is 12.3. The van der Waals surface area contributed by atoms with Crippen LogP contribution in [0.4, 0.5) is 0 Å². The maximum atomic E-state index is 11.8. The van der Waals surface area contributed by atoms with Crippen LogP contribution >= 0.6 is 0 Å². The molecule has 0 aromatic heterocycles. The molecule has 2 fully saturated rings. The van der Waals surface area contributed by atoms with E-state index in [9.17, 15) is 9.90 Å². The number of benzene rings is 1. The third-order valence-corrected chi connectivity index (χ3v) is 6.06. The molecule has 4 nitrogen and oxygen atoms in total. The molecule has 26 heavy (non-hydrogen) atoms. The van der Waals surface area contributed by atoms with Crippen LogP contribution < -0.4 is 0 Å². The quantitative estimate of drug-likeness (QED) is 0.899. The second-order valence-corrected chi connectivity index (χ2v) is 8.95. The standard InChI is InChI=1S/C22H34N2O2/c1-17(2)12-19-4-6-20(7-5-19)14-23-10-8-22(9-11-23)13-21(26)15-24(16-22)18(3)25/h4-7,17,21,26H,8-16H2,1-3H3. The van der Waals surface area contributed by atoms with Crippen molar-refractivity contribution < 1.29 is 9.90 Å². The summed E-state index contributed by atoms with van der Waals surface area (Å²) < 4.78 is 0. The van der Waals surface area contributed by atoms with E-state index >= 15 is 0 Å². The van der Waals surface area contributed by atoms with Crippen LogP contribution in [0.3, 0.4) is 0 Å². The van der Waals surface area contributed by atoms with Crippen LogP contribution in [0.1, 0.15) is 51.2 Å². The number of piperidine rings is 2. The molecular formula is C22H34N2O2. The number of aliphatic hydroxyl groups is 1. The Morgan fingerprint density at radius 3 is 2.38 bits per heavy atom. The van der Waals surface area contributed by atoms with E-state index in [1.54, 1.807) is 6.92 Å². The molecule has 2 aliphatic rings. The van der Waals surface area contributed by atoms with E-state index in [0.29, 0.717) is 12.5 Å². The summed E-state index contributed by atoms with van der Waals surface area (Å²) in [7, 11) is 0. The third-order valence-electron chi connectivity index (χ3n) is 6.06. The number of amides is 1. The summed E-state index contributed by atoms with van der Waals surface area (Å²) in [5.41, 5.74) is 2.91. The lowest BCUT2D eigenvalue weighted by Gasteiger charge is -2.49. The van der Waals surface area contributed by atoms with Crippen molar-refractivity contribution in [2.45, 2.75) is 59.1 Å². The molecule has 1 unspecified atom stereocenters. The van der Waals surface area contributed by atoms with E-state index in [2.05, 4.69) is 43.0 Å². The highest BCUT2D eigenvalue weighted by Crippen LogP contribution is 2.40. The molecule has 1 N–H and O–H groups in total. The Labute approximate surface area is 158 Å². The van der Waals surface area contributed by atoms with Crippen LogP contribution in [0.15, 0.2) is 24.3 Å². The molecule has 1 atom stereocenters. The lowest BCUT2D eigenvalue weighted by molar-refractivity contribution is -0.138. The molecule has 0 radical (unpaired) electrons. The third kappa shape index (κ3) is 4.86. The van der Waals surface area contributed by atoms with Gasteiger partial charge in [-0.15, -0.1) is 0 Å². The van der Waals surface area contributed by atoms with Gasteiger partial charge in [-0.25, -0.2) is 0 Å². The van der Waals surface area contributed by atoms with Crippen molar-refractivity contribution in [3.8, 4) is 0 Å². The van der Waals surface area contributed by atoms with Crippen LogP contribution in [0.2, 0.25) is 0 Å². The average Bonchev–Trinajstić information content (AvgIpc) is 2.58. The molecule has 1 aromatic rings. The number of likely N-dealkylation sites (tertiary alicyclic amines) is 2. The predicted molar refractivity (Wildman–Crippen MR) is 105 cm³/mol. The number of carbonyl (C=O) groups is 1. The zero-order chi connectivity index (χ0) is 18.7. The van der Waals surface area contributed by atoms with Crippen LogP contribution in [0.5, 0.6) is 0 Å². The van der Waals surface area contributed by atoms with Gasteiger partial charge >= 0.3 is 0 Å². The molecule has 2 saturated heterocycles. The first-order valence-electron chi connectivity index (χ1n) is 10.1. The van der Waals surface area contributed by atoms with Crippen molar-refractivity contribution in [3.05, 3.63) is 35.4 Å². The molecule has 4 heteroatoms. The molecule has 144 valence electrons. The Balaban J connectivity index is 1.54. The van der Waals surface area contributed by atoms with Gasteiger partial charge in [-0.05, 0) is 61.2 Å². The van der Waals surface area contributed by atoms with E-state index < -0.39 is 0 Å². The molecule has 0 bridgehead atoms. The van der Waals surface area contributed by atoms with Crippen molar-refractivity contribution in [2.24, 2.45) is 11.3 Å². The van der Waals surface area contributed by atoms with Gasteiger partial charge in [0, 0.05) is 26.6 Å². The number of hydrogen-bond donors (Lipinski definition) is 1. The minimum absolute atomic E-state index is 0.0899. The van der Waals surface area contributed by atoms with E-state index in [4.69, 9.17) is 0 Å². The zero-order valence-electron chi connectivity index (χ0n) is 16.6. The maximum Gasteiger partial charge on any atom is 0.219 e. The minimum atomic E-state index is -0.368. The molecule has 1 amide bonds. The van der Waals surface area contributed by atoms with Crippen molar-refractivity contribution in [2.75, 3.05) is 26.2 Å². The Hall–Kier alpha value is -1.39. The van der Waals surface area contributed by atoms with Gasteiger partial charge in [0.1, 0.15) is 0 Å². The van der Waals surface area contributed by atoms with Gasteiger partial charge in [0.05, 0.1) is 6.10 Å². The van der Waals surface area contributed by atoms with Gasteiger partial charge in [-0.3, -0.25) is 9.69 Å². The highest BCUT2D eigenvalue weighted by molar-refractivity contribution is 5.73. The molecule has 0 aliphatic carbocycles. The molecule has 1 aromatic carbocycles. The molecular weight excluding hydrogens is 324 g/mol. The van der Waals surface area contributed by atoms with Crippen LogP contribution in [0.25, 0.3) is 0 Å². The highest BCUT2D eigenvalue weighted by Gasteiger charge is 2.42. The fraction of sp³-hybridized carbons (Fsp3) is 0.682. The first-order valence-corrected chi connectivity index (χ1v) is 10.1. The van der Waals surface area contributed by atoms with Crippen LogP contribution in [-0.4, -0.2) is 53.1 Å². The number of rotatable bonds is 4. The summed E-state index contributed by atoms with van der Waals surface area (Å²) in [6, 6.07) is 9.07. The largest absolute Gasteiger partial charge is 0.391 e. The van der Waals surface area contributed by atoms with Crippen LogP contribution in [-0.2, 0) is 17.8 Å². The summed E-state index contributed by atoms with van der Waals surface area (Å²) in [6.45, 7) is 10.5. The van der Waals surface area contributed by atoms with Gasteiger partial charge in [-0.2, -0.15) is 0 Å². The maximum absolute atomic E-state index is 11.8. The topological polar surface area (TPSA) is 43.8 Å².